The minimum atomic E-state index is -0.838. The molecule has 2 unspecified atom stereocenters. The smallest absolute Gasteiger partial charge is 0.304 e. The van der Waals surface area contributed by atoms with Gasteiger partial charge in [0.25, 0.3) is 0 Å². The minimum Gasteiger partial charge on any atom is -0.481 e. The molecule has 6 nitrogen and oxygen atoms in total. The molecule has 1 aliphatic heterocycles. The predicted octanol–water partition coefficient (Wildman–Crippen LogP) is -0.171. The van der Waals surface area contributed by atoms with Crippen molar-refractivity contribution in [3.05, 3.63) is 0 Å². The van der Waals surface area contributed by atoms with Gasteiger partial charge in [0.05, 0.1) is 19.6 Å². The molecule has 0 aromatic heterocycles. The number of carbonyl (C=O) groups excluding carboxylic acids is 1. The van der Waals surface area contributed by atoms with Gasteiger partial charge in [-0.2, -0.15) is 0 Å². The van der Waals surface area contributed by atoms with Crippen LogP contribution in [-0.2, 0) is 14.3 Å². The Morgan fingerprint density at radius 2 is 2.22 bits per heavy atom. The predicted molar refractivity (Wildman–Crippen MR) is 64.2 cm³/mol. The lowest BCUT2D eigenvalue weighted by Crippen LogP contribution is -2.57. The second kappa shape index (κ2) is 5.67. The molecule has 2 atom stereocenters. The van der Waals surface area contributed by atoms with Gasteiger partial charge in [-0.15, -0.1) is 0 Å². The molecule has 1 amide bonds. The Hall–Kier alpha value is -1.14. The zero-order chi connectivity index (χ0) is 13.1. The van der Waals surface area contributed by atoms with Gasteiger partial charge in [-0.3, -0.25) is 14.5 Å². The molecule has 0 spiro atoms. The van der Waals surface area contributed by atoms with Crippen molar-refractivity contribution in [1.29, 1.82) is 0 Å². The van der Waals surface area contributed by atoms with Crippen LogP contribution in [0.2, 0.25) is 0 Å². The molecule has 2 rings (SSSR count). The van der Waals surface area contributed by atoms with Gasteiger partial charge in [0.1, 0.15) is 6.04 Å². The molecular weight excluding hydrogens is 236 g/mol. The molecule has 1 saturated carbocycles. The van der Waals surface area contributed by atoms with Crippen LogP contribution in [0.5, 0.6) is 0 Å². The van der Waals surface area contributed by atoms with Crippen LogP contribution in [0.1, 0.15) is 26.2 Å². The van der Waals surface area contributed by atoms with Crippen LogP contribution in [0, 0.1) is 0 Å². The zero-order valence-corrected chi connectivity index (χ0v) is 10.6. The summed E-state index contributed by atoms with van der Waals surface area (Å²) in [5.41, 5.74) is 0. The number of carbonyl (C=O) groups is 2. The van der Waals surface area contributed by atoms with Crippen LogP contribution in [0.25, 0.3) is 0 Å². The van der Waals surface area contributed by atoms with E-state index in [2.05, 4.69) is 5.32 Å². The first-order valence-electron chi connectivity index (χ1n) is 6.43. The van der Waals surface area contributed by atoms with Gasteiger partial charge in [0.2, 0.25) is 5.91 Å². The van der Waals surface area contributed by atoms with Crippen LogP contribution >= 0.6 is 0 Å². The van der Waals surface area contributed by atoms with Crippen LogP contribution in [0.15, 0.2) is 0 Å². The minimum absolute atomic E-state index is 0.0329. The van der Waals surface area contributed by atoms with Crippen molar-refractivity contribution in [3.8, 4) is 0 Å². The number of hydrogen-bond donors (Lipinski definition) is 2. The summed E-state index contributed by atoms with van der Waals surface area (Å²) in [6.45, 7) is 3.35. The van der Waals surface area contributed by atoms with E-state index in [-0.39, 0.29) is 24.4 Å². The molecule has 0 aromatic rings. The average Bonchev–Trinajstić information content (AvgIpc) is 3.12. The first-order valence-corrected chi connectivity index (χ1v) is 6.43. The Kier molecular flexibility index (Phi) is 4.19. The Morgan fingerprint density at radius 1 is 1.50 bits per heavy atom. The second-order valence-electron chi connectivity index (χ2n) is 5.06. The summed E-state index contributed by atoms with van der Waals surface area (Å²) < 4.78 is 5.34. The van der Waals surface area contributed by atoms with Crippen molar-refractivity contribution < 1.29 is 19.4 Å². The summed E-state index contributed by atoms with van der Waals surface area (Å²) in [6, 6.07) is -0.189. The Labute approximate surface area is 106 Å². The summed E-state index contributed by atoms with van der Waals surface area (Å²) in [4.78, 5) is 24.8. The van der Waals surface area contributed by atoms with Crippen molar-refractivity contribution >= 4 is 11.9 Å². The fraction of sp³-hybridized carbons (Fsp3) is 0.833. The number of nitrogens with one attached hydrogen (secondary N) is 1. The first kappa shape index (κ1) is 13.3. The highest BCUT2D eigenvalue weighted by molar-refractivity contribution is 5.82. The number of amides is 1. The monoisotopic (exact) mass is 256 g/mol. The SMILES string of the molecule is CC(CC(=O)O)N1CCOCC1C(=O)NC1CC1. The molecule has 2 N–H and O–H groups in total. The second-order valence-corrected chi connectivity index (χ2v) is 5.06. The van der Waals surface area contributed by atoms with E-state index < -0.39 is 5.97 Å². The maximum Gasteiger partial charge on any atom is 0.304 e. The van der Waals surface area contributed by atoms with E-state index in [1.54, 1.807) is 0 Å². The Morgan fingerprint density at radius 3 is 2.83 bits per heavy atom. The van der Waals surface area contributed by atoms with Gasteiger partial charge in [0.15, 0.2) is 0 Å². The lowest BCUT2D eigenvalue weighted by Gasteiger charge is -2.38. The number of hydrogen-bond acceptors (Lipinski definition) is 4. The molecule has 1 saturated heterocycles. The largest absolute Gasteiger partial charge is 0.481 e. The van der Waals surface area contributed by atoms with E-state index in [4.69, 9.17) is 9.84 Å². The van der Waals surface area contributed by atoms with Crippen molar-refractivity contribution in [3.63, 3.8) is 0 Å². The quantitative estimate of drug-likeness (QED) is 0.714. The van der Waals surface area contributed by atoms with Gasteiger partial charge >= 0.3 is 5.97 Å². The molecule has 0 aromatic carbocycles. The number of morpholine rings is 1. The molecule has 102 valence electrons. The van der Waals surface area contributed by atoms with E-state index in [1.165, 1.54) is 0 Å². The van der Waals surface area contributed by atoms with E-state index >= 15 is 0 Å². The highest BCUT2D eigenvalue weighted by Crippen LogP contribution is 2.20. The van der Waals surface area contributed by atoms with E-state index in [0.29, 0.717) is 25.8 Å². The fourth-order valence-corrected chi connectivity index (χ4v) is 2.27. The molecule has 2 fully saturated rings. The molecule has 18 heavy (non-hydrogen) atoms. The summed E-state index contributed by atoms with van der Waals surface area (Å²) in [7, 11) is 0. The maximum atomic E-state index is 12.1. The summed E-state index contributed by atoms with van der Waals surface area (Å²) >= 11 is 0. The van der Waals surface area contributed by atoms with Gasteiger partial charge in [-0.05, 0) is 19.8 Å². The number of carboxylic acid groups (broad SMARTS) is 1. The lowest BCUT2D eigenvalue weighted by atomic mass is 10.1. The number of rotatable bonds is 5. The molecule has 1 aliphatic carbocycles. The van der Waals surface area contributed by atoms with Crippen LogP contribution in [-0.4, -0.2) is 59.8 Å². The van der Waals surface area contributed by atoms with Crippen molar-refractivity contribution in [2.24, 2.45) is 0 Å². The molecular formula is C12H20N2O4. The van der Waals surface area contributed by atoms with Crippen LogP contribution < -0.4 is 5.32 Å². The topological polar surface area (TPSA) is 78.9 Å². The van der Waals surface area contributed by atoms with Gasteiger partial charge in [-0.1, -0.05) is 0 Å². The third-order valence-electron chi connectivity index (χ3n) is 3.43. The van der Waals surface area contributed by atoms with Crippen molar-refractivity contribution in [2.45, 2.75) is 44.3 Å². The highest BCUT2D eigenvalue weighted by atomic mass is 16.5. The maximum absolute atomic E-state index is 12.1. The fourth-order valence-electron chi connectivity index (χ4n) is 2.27. The number of aliphatic carboxylic acids is 1. The summed E-state index contributed by atoms with van der Waals surface area (Å²) in [5.74, 6) is -0.871. The zero-order valence-electron chi connectivity index (χ0n) is 10.6. The lowest BCUT2D eigenvalue weighted by molar-refractivity contribution is -0.142. The number of ether oxygens (including phenoxy) is 1. The van der Waals surface area contributed by atoms with Crippen LogP contribution in [0.3, 0.4) is 0 Å². The van der Waals surface area contributed by atoms with E-state index in [1.807, 2.05) is 11.8 Å². The summed E-state index contributed by atoms with van der Waals surface area (Å²) in [6.07, 6.45) is 2.14. The third kappa shape index (κ3) is 3.43. The Balaban J connectivity index is 1.95. The van der Waals surface area contributed by atoms with Crippen molar-refractivity contribution in [1.82, 2.24) is 10.2 Å². The highest BCUT2D eigenvalue weighted by Gasteiger charge is 2.35. The van der Waals surface area contributed by atoms with E-state index in [0.717, 1.165) is 12.8 Å². The standard InChI is InChI=1S/C12H20N2O4/c1-8(6-11(15)16)14-4-5-18-7-10(14)12(17)13-9-2-3-9/h8-10H,2-7H2,1H3,(H,13,17)(H,15,16). The number of carboxylic acids is 1. The normalized spacial score (nSPS) is 26.6. The van der Waals surface area contributed by atoms with Crippen LogP contribution in [0.4, 0.5) is 0 Å². The molecule has 6 heteroatoms. The third-order valence-corrected chi connectivity index (χ3v) is 3.43. The average molecular weight is 256 g/mol. The number of nitrogens with zero attached hydrogens (tertiary/aromatic N) is 1. The molecule has 1 heterocycles. The summed E-state index contributed by atoms with van der Waals surface area (Å²) in [5, 5.41) is 11.8. The molecule has 0 radical (unpaired) electrons. The van der Waals surface area contributed by atoms with Gasteiger partial charge < -0.3 is 15.2 Å². The van der Waals surface area contributed by atoms with Crippen molar-refractivity contribution in [2.75, 3.05) is 19.8 Å². The first-order chi connectivity index (χ1) is 8.58. The Bertz CT molecular complexity index is 330. The molecule has 2 aliphatic rings. The molecule has 0 bridgehead atoms. The van der Waals surface area contributed by atoms with Gasteiger partial charge in [-0.25, -0.2) is 0 Å². The van der Waals surface area contributed by atoms with E-state index in [9.17, 15) is 9.59 Å². The van der Waals surface area contributed by atoms with Gasteiger partial charge in [0, 0.05) is 18.6 Å².